The lowest BCUT2D eigenvalue weighted by Gasteiger charge is -2.32. The summed E-state index contributed by atoms with van der Waals surface area (Å²) in [6, 6.07) is 6.36. The maximum atomic E-state index is 12.5. The molecule has 1 aliphatic rings. The number of morpholine rings is 1. The number of nitrogens with one attached hydrogen (secondary N) is 1. The maximum absolute atomic E-state index is 12.5. The van der Waals surface area contributed by atoms with Gasteiger partial charge in [0.1, 0.15) is 0 Å². The predicted octanol–water partition coefficient (Wildman–Crippen LogP) is 1.22. The van der Waals surface area contributed by atoms with Crippen molar-refractivity contribution in [2.75, 3.05) is 19.7 Å². The number of rotatable bonds is 5. The summed E-state index contributed by atoms with van der Waals surface area (Å²) in [4.78, 5) is 36.4. The monoisotopic (exact) mass is 354 g/mol. The van der Waals surface area contributed by atoms with Crippen molar-refractivity contribution in [1.82, 2.24) is 10.2 Å². The summed E-state index contributed by atoms with van der Waals surface area (Å²) in [5.41, 5.74) is 0.756. The molecule has 0 aliphatic carbocycles. The zero-order valence-electron chi connectivity index (χ0n) is 13.2. The van der Waals surface area contributed by atoms with Gasteiger partial charge < -0.3 is 20.1 Å². The summed E-state index contributed by atoms with van der Waals surface area (Å²) < 4.78 is 5.11. The lowest BCUT2D eigenvalue weighted by molar-refractivity contribution is -0.159. The molecule has 1 aromatic carbocycles. The van der Waals surface area contributed by atoms with Gasteiger partial charge in [0, 0.05) is 18.5 Å². The van der Waals surface area contributed by atoms with Gasteiger partial charge in [-0.2, -0.15) is 0 Å². The number of hydrogen-bond acceptors (Lipinski definition) is 4. The van der Waals surface area contributed by atoms with E-state index in [-0.39, 0.29) is 31.4 Å². The van der Waals surface area contributed by atoms with E-state index in [1.807, 2.05) is 0 Å². The van der Waals surface area contributed by atoms with Crippen molar-refractivity contribution in [1.29, 1.82) is 0 Å². The number of hydrogen-bond donors (Lipinski definition) is 2. The van der Waals surface area contributed by atoms with E-state index >= 15 is 0 Å². The number of carboxylic acids is 1. The molecule has 2 atom stereocenters. The van der Waals surface area contributed by atoms with Gasteiger partial charge in [0.15, 0.2) is 6.10 Å². The van der Waals surface area contributed by atoms with Crippen LogP contribution in [0.2, 0.25) is 5.02 Å². The Balaban J connectivity index is 2.08. The minimum atomic E-state index is -1.09. The molecule has 2 amide bonds. The second-order valence-corrected chi connectivity index (χ2v) is 5.98. The van der Waals surface area contributed by atoms with Crippen LogP contribution in [0.4, 0.5) is 0 Å². The SMILES string of the molecule is CC(=O)N[C@H](CC(=O)N1CCO[C@@H](C(=O)O)C1)c1ccc(Cl)cc1. The zero-order chi connectivity index (χ0) is 17.7. The molecule has 0 bridgehead atoms. The molecule has 0 aromatic heterocycles. The number of nitrogens with zero attached hydrogens (tertiary/aromatic N) is 1. The standard InChI is InChI=1S/C16H19ClN2O5/c1-10(20)18-13(11-2-4-12(17)5-3-11)8-15(21)19-6-7-24-14(9-19)16(22)23/h2-5,13-14H,6-9H2,1H3,(H,18,20)(H,22,23)/t13-,14-/m1/s1. The van der Waals surface area contributed by atoms with E-state index in [2.05, 4.69) is 5.32 Å². The Hall–Kier alpha value is -2.12. The third-order valence-corrected chi connectivity index (χ3v) is 3.98. The molecule has 0 unspecified atom stereocenters. The molecule has 0 radical (unpaired) electrons. The molecule has 2 N–H and O–H groups in total. The lowest BCUT2D eigenvalue weighted by atomic mass is 10.0. The smallest absolute Gasteiger partial charge is 0.334 e. The topological polar surface area (TPSA) is 95.9 Å². The average molecular weight is 355 g/mol. The van der Waals surface area contributed by atoms with Crippen molar-refractivity contribution in [3.8, 4) is 0 Å². The van der Waals surface area contributed by atoms with E-state index in [1.54, 1.807) is 24.3 Å². The van der Waals surface area contributed by atoms with Gasteiger partial charge in [0.05, 0.1) is 25.6 Å². The van der Waals surface area contributed by atoms with Crippen molar-refractivity contribution in [2.24, 2.45) is 0 Å². The fraction of sp³-hybridized carbons (Fsp3) is 0.438. The van der Waals surface area contributed by atoms with Gasteiger partial charge >= 0.3 is 5.97 Å². The molecule has 1 aromatic rings. The van der Waals surface area contributed by atoms with Gasteiger partial charge in [-0.1, -0.05) is 23.7 Å². The molecular weight excluding hydrogens is 336 g/mol. The quantitative estimate of drug-likeness (QED) is 0.828. The number of ether oxygens (including phenoxy) is 1. The van der Waals surface area contributed by atoms with Crippen LogP contribution in [0.3, 0.4) is 0 Å². The Kier molecular flexibility index (Phi) is 6.16. The second-order valence-electron chi connectivity index (χ2n) is 5.55. The van der Waals surface area contributed by atoms with Crippen LogP contribution in [0.25, 0.3) is 0 Å². The Bertz CT molecular complexity index is 619. The normalized spacial score (nSPS) is 18.8. The summed E-state index contributed by atoms with van der Waals surface area (Å²) in [7, 11) is 0. The first-order chi connectivity index (χ1) is 11.4. The highest BCUT2D eigenvalue weighted by atomic mass is 35.5. The lowest BCUT2D eigenvalue weighted by Crippen LogP contribution is -2.49. The van der Waals surface area contributed by atoms with Crippen molar-refractivity contribution < 1.29 is 24.2 Å². The molecule has 7 nitrogen and oxygen atoms in total. The van der Waals surface area contributed by atoms with Crippen LogP contribution in [0.1, 0.15) is 24.9 Å². The number of carboxylic acid groups (broad SMARTS) is 1. The molecule has 1 saturated heterocycles. The highest BCUT2D eigenvalue weighted by molar-refractivity contribution is 6.30. The van der Waals surface area contributed by atoms with Gasteiger partial charge in [-0.05, 0) is 17.7 Å². The Morgan fingerprint density at radius 1 is 1.38 bits per heavy atom. The first kappa shape index (κ1) is 18.2. The van der Waals surface area contributed by atoms with E-state index in [0.717, 1.165) is 5.56 Å². The Labute approximate surface area is 144 Å². The summed E-state index contributed by atoms with van der Waals surface area (Å²) in [5.74, 6) is -1.59. The van der Waals surface area contributed by atoms with Crippen LogP contribution < -0.4 is 5.32 Å². The summed E-state index contributed by atoms with van der Waals surface area (Å²) in [5, 5.41) is 12.3. The zero-order valence-corrected chi connectivity index (χ0v) is 14.0. The van der Waals surface area contributed by atoms with Crippen molar-refractivity contribution in [3.05, 3.63) is 34.9 Å². The molecule has 0 saturated carbocycles. The fourth-order valence-electron chi connectivity index (χ4n) is 2.52. The van der Waals surface area contributed by atoms with E-state index in [1.165, 1.54) is 11.8 Å². The summed E-state index contributed by atoms with van der Waals surface area (Å²) >= 11 is 5.86. The van der Waals surface area contributed by atoms with Crippen LogP contribution >= 0.6 is 11.6 Å². The van der Waals surface area contributed by atoms with Gasteiger partial charge in [-0.25, -0.2) is 4.79 Å². The molecule has 24 heavy (non-hydrogen) atoms. The minimum absolute atomic E-state index is 0.00156. The number of halogens is 1. The number of benzene rings is 1. The number of carbonyl (C=O) groups excluding carboxylic acids is 2. The highest BCUT2D eigenvalue weighted by Crippen LogP contribution is 2.21. The number of amides is 2. The first-order valence-corrected chi connectivity index (χ1v) is 7.89. The van der Waals surface area contributed by atoms with Gasteiger partial charge in [-0.3, -0.25) is 9.59 Å². The molecular formula is C16H19ClN2O5. The van der Waals surface area contributed by atoms with Crippen molar-refractivity contribution in [3.63, 3.8) is 0 Å². The molecule has 1 heterocycles. The Morgan fingerprint density at radius 3 is 2.62 bits per heavy atom. The maximum Gasteiger partial charge on any atom is 0.334 e. The molecule has 1 fully saturated rings. The third-order valence-electron chi connectivity index (χ3n) is 3.72. The molecule has 2 rings (SSSR count). The van der Waals surface area contributed by atoms with Crippen LogP contribution in [-0.2, 0) is 19.1 Å². The van der Waals surface area contributed by atoms with E-state index < -0.39 is 18.1 Å². The molecule has 1 aliphatic heterocycles. The first-order valence-electron chi connectivity index (χ1n) is 7.51. The van der Waals surface area contributed by atoms with Crippen LogP contribution in [-0.4, -0.2) is 53.6 Å². The van der Waals surface area contributed by atoms with Crippen molar-refractivity contribution in [2.45, 2.75) is 25.5 Å². The summed E-state index contributed by atoms with van der Waals surface area (Å²) in [6.07, 6.45) is -0.981. The largest absolute Gasteiger partial charge is 0.479 e. The van der Waals surface area contributed by atoms with Gasteiger partial charge in [0.2, 0.25) is 11.8 Å². The number of carbonyl (C=O) groups is 3. The molecule has 8 heteroatoms. The fourth-order valence-corrected chi connectivity index (χ4v) is 2.65. The third kappa shape index (κ3) is 4.94. The average Bonchev–Trinajstić information content (AvgIpc) is 2.54. The van der Waals surface area contributed by atoms with Gasteiger partial charge in [0.25, 0.3) is 0 Å². The van der Waals surface area contributed by atoms with Crippen LogP contribution in [0.5, 0.6) is 0 Å². The van der Waals surface area contributed by atoms with Crippen molar-refractivity contribution >= 4 is 29.4 Å². The Morgan fingerprint density at radius 2 is 2.04 bits per heavy atom. The molecule has 0 spiro atoms. The summed E-state index contributed by atoms with van der Waals surface area (Å²) in [6.45, 7) is 1.88. The van der Waals surface area contributed by atoms with Gasteiger partial charge in [-0.15, -0.1) is 0 Å². The van der Waals surface area contributed by atoms with E-state index in [9.17, 15) is 14.4 Å². The van der Waals surface area contributed by atoms with Crippen LogP contribution in [0, 0.1) is 0 Å². The van der Waals surface area contributed by atoms with Crippen LogP contribution in [0.15, 0.2) is 24.3 Å². The minimum Gasteiger partial charge on any atom is -0.479 e. The second kappa shape index (κ2) is 8.12. The highest BCUT2D eigenvalue weighted by Gasteiger charge is 2.30. The van der Waals surface area contributed by atoms with E-state index in [0.29, 0.717) is 11.6 Å². The van der Waals surface area contributed by atoms with E-state index in [4.69, 9.17) is 21.4 Å². The number of aliphatic carboxylic acids is 1. The molecule has 130 valence electrons. The predicted molar refractivity (Wildman–Crippen MR) is 86.6 cm³/mol.